The van der Waals surface area contributed by atoms with Crippen LogP contribution in [0, 0.1) is 18.6 Å². The van der Waals surface area contributed by atoms with Gasteiger partial charge in [-0.05, 0) is 91.5 Å². The molecule has 1 aliphatic rings. The van der Waals surface area contributed by atoms with Crippen molar-refractivity contribution in [3.63, 3.8) is 0 Å². The number of carbonyl (C=O) groups excluding carboxylic acids is 1. The molecule has 10 heteroatoms. The van der Waals surface area contributed by atoms with Gasteiger partial charge in [-0.3, -0.25) is 14.8 Å². The number of nitrogens with one attached hydrogen (secondary N) is 2. The maximum absolute atomic E-state index is 13.5. The van der Waals surface area contributed by atoms with Crippen LogP contribution in [0.3, 0.4) is 0 Å². The number of ether oxygens (including phenoxy) is 1. The summed E-state index contributed by atoms with van der Waals surface area (Å²) < 4.78 is 33.0. The molecule has 0 aliphatic carbocycles. The molecule has 0 atom stereocenters. The fourth-order valence-electron chi connectivity index (χ4n) is 4.70. The van der Waals surface area contributed by atoms with Crippen LogP contribution in [0.1, 0.15) is 46.8 Å². The number of halogens is 2. The number of amides is 1. The van der Waals surface area contributed by atoms with Gasteiger partial charge in [0.1, 0.15) is 35.6 Å². The van der Waals surface area contributed by atoms with Gasteiger partial charge < -0.3 is 10.1 Å². The predicted molar refractivity (Wildman–Crippen MR) is 144 cm³/mol. The zero-order valence-electron chi connectivity index (χ0n) is 21.7. The second-order valence-electron chi connectivity index (χ2n) is 9.67. The highest BCUT2D eigenvalue weighted by atomic mass is 19.1. The Hall–Kier alpha value is -4.18. The van der Waals surface area contributed by atoms with Crippen molar-refractivity contribution in [1.29, 1.82) is 0 Å². The topological polar surface area (TPSA) is 96.0 Å². The van der Waals surface area contributed by atoms with Crippen LogP contribution >= 0.6 is 0 Å². The summed E-state index contributed by atoms with van der Waals surface area (Å²) in [5.41, 5.74) is 3.29. The highest BCUT2D eigenvalue weighted by Gasteiger charge is 2.15. The molecule has 1 fully saturated rings. The first kappa shape index (κ1) is 26.4. The van der Waals surface area contributed by atoms with Gasteiger partial charge in [0.25, 0.3) is 5.91 Å². The number of carbonyl (C=O) groups is 1. The average molecular weight is 533 g/mol. The Kier molecular flexibility index (Phi) is 8.21. The van der Waals surface area contributed by atoms with Crippen LogP contribution in [-0.2, 0) is 6.42 Å². The molecular weight excluding hydrogens is 502 g/mol. The van der Waals surface area contributed by atoms with Crippen molar-refractivity contribution < 1.29 is 18.3 Å². The summed E-state index contributed by atoms with van der Waals surface area (Å²) in [6.45, 7) is 5.83. The van der Waals surface area contributed by atoms with E-state index in [0.717, 1.165) is 48.1 Å². The normalized spacial score (nSPS) is 13.8. The summed E-state index contributed by atoms with van der Waals surface area (Å²) in [7, 11) is 0. The molecule has 4 aromatic rings. The second kappa shape index (κ2) is 12.1. The van der Waals surface area contributed by atoms with E-state index in [4.69, 9.17) is 4.74 Å². The summed E-state index contributed by atoms with van der Waals surface area (Å²) >= 11 is 0. The third-order valence-electron chi connectivity index (χ3n) is 6.68. The van der Waals surface area contributed by atoms with Crippen LogP contribution < -0.4 is 10.1 Å². The van der Waals surface area contributed by atoms with E-state index in [1.807, 2.05) is 31.2 Å². The van der Waals surface area contributed by atoms with Crippen molar-refractivity contribution in [1.82, 2.24) is 25.1 Å². The molecule has 2 aromatic heterocycles. The fourth-order valence-corrected chi connectivity index (χ4v) is 4.70. The molecular formula is C29H30F2N6O2. The molecule has 202 valence electrons. The second-order valence-corrected chi connectivity index (χ2v) is 9.67. The van der Waals surface area contributed by atoms with Crippen LogP contribution in [0.4, 0.5) is 14.6 Å². The molecule has 0 spiro atoms. The minimum Gasteiger partial charge on any atom is -0.492 e. The van der Waals surface area contributed by atoms with Gasteiger partial charge in [0, 0.05) is 25.2 Å². The standard InChI is InChI=1S/C29H30F2N6O2/c1-19-5-6-24(39-12-11-37-9-3-2-4-10-37)18-25(19)21-7-8-32-26(16-21)34-29(38)28-33-27(35-36-28)15-20-13-22(30)17-23(31)14-20/h5-8,13-14,16-18H,2-4,9-12,15H2,1H3,(H,32,34,38)(H,33,35,36). The monoisotopic (exact) mass is 532 g/mol. The molecule has 5 rings (SSSR count). The van der Waals surface area contributed by atoms with Crippen LogP contribution in [0.5, 0.6) is 5.75 Å². The largest absolute Gasteiger partial charge is 0.492 e. The zero-order chi connectivity index (χ0) is 27.2. The Labute approximate surface area is 225 Å². The highest BCUT2D eigenvalue weighted by molar-refractivity contribution is 6.01. The number of piperidine rings is 1. The maximum Gasteiger partial charge on any atom is 0.296 e. The average Bonchev–Trinajstić information content (AvgIpc) is 3.38. The van der Waals surface area contributed by atoms with Crippen molar-refractivity contribution >= 4 is 11.7 Å². The molecule has 39 heavy (non-hydrogen) atoms. The van der Waals surface area contributed by atoms with Gasteiger partial charge in [-0.25, -0.2) is 18.7 Å². The Morgan fingerprint density at radius 3 is 2.64 bits per heavy atom. The predicted octanol–water partition coefficient (Wildman–Crippen LogP) is 5.16. The first-order valence-corrected chi connectivity index (χ1v) is 13.0. The number of H-pyrrole nitrogens is 1. The van der Waals surface area contributed by atoms with Gasteiger partial charge >= 0.3 is 0 Å². The van der Waals surface area contributed by atoms with Gasteiger partial charge in [-0.2, -0.15) is 0 Å². The van der Waals surface area contributed by atoms with Crippen LogP contribution in [0.2, 0.25) is 0 Å². The smallest absolute Gasteiger partial charge is 0.296 e. The zero-order valence-corrected chi connectivity index (χ0v) is 21.7. The van der Waals surface area contributed by atoms with Crippen LogP contribution in [-0.4, -0.2) is 57.2 Å². The number of aromatic nitrogens is 4. The summed E-state index contributed by atoms with van der Waals surface area (Å²) in [4.78, 5) is 23.6. The lowest BCUT2D eigenvalue weighted by atomic mass is 10.0. The van der Waals surface area contributed by atoms with E-state index < -0.39 is 17.5 Å². The van der Waals surface area contributed by atoms with Crippen molar-refractivity contribution in [3.05, 3.63) is 89.1 Å². The van der Waals surface area contributed by atoms with Crippen molar-refractivity contribution in [2.75, 3.05) is 31.6 Å². The van der Waals surface area contributed by atoms with Gasteiger partial charge in [0.15, 0.2) is 0 Å². The van der Waals surface area contributed by atoms with E-state index in [9.17, 15) is 13.6 Å². The number of aromatic amines is 1. The first-order valence-electron chi connectivity index (χ1n) is 13.0. The molecule has 0 unspecified atom stereocenters. The van der Waals surface area contributed by atoms with E-state index in [0.29, 0.717) is 23.8 Å². The Bertz CT molecular complexity index is 1430. The molecule has 1 saturated heterocycles. The van der Waals surface area contributed by atoms with E-state index in [-0.39, 0.29) is 12.2 Å². The quantitative estimate of drug-likeness (QED) is 0.309. The molecule has 1 amide bonds. The summed E-state index contributed by atoms with van der Waals surface area (Å²) in [5, 5.41) is 9.30. The number of nitrogens with zero attached hydrogens (tertiary/aromatic N) is 4. The maximum atomic E-state index is 13.5. The lowest BCUT2D eigenvalue weighted by molar-refractivity contribution is 0.101. The number of benzene rings is 2. The molecule has 3 heterocycles. The summed E-state index contributed by atoms with van der Waals surface area (Å²) in [6.07, 6.45) is 5.53. The van der Waals surface area contributed by atoms with Crippen LogP contribution in [0.15, 0.2) is 54.7 Å². The molecule has 0 bridgehead atoms. The van der Waals surface area contributed by atoms with Crippen LogP contribution in [0.25, 0.3) is 11.1 Å². The lowest BCUT2D eigenvalue weighted by Crippen LogP contribution is -2.33. The van der Waals surface area contributed by atoms with Gasteiger partial charge in [-0.15, -0.1) is 5.10 Å². The molecule has 2 N–H and O–H groups in total. The Morgan fingerprint density at radius 2 is 1.85 bits per heavy atom. The van der Waals surface area contributed by atoms with Crippen molar-refractivity contribution in [2.45, 2.75) is 32.6 Å². The third-order valence-corrected chi connectivity index (χ3v) is 6.68. The molecule has 1 aliphatic heterocycles. The molecule has 2 aromatic carbocycles. The number of aryl methyl sites for hydroxylation is 1. The minimum atomic E-state index is -0.682. The molecule has 0 saturated carbocycles. The van der Waals surface area contributed by atoms with Crippen molar-refractivity contribution in [3.8, 4) is 16.9 Å². The number of likely N-dealkylation sites (tertiary alicyclic amines) is 1. The first-order chi connectivity index (χ1) is 18.9. The fraction of sp³-hybridized carbons (Fsp3) is 0.310. The molecule has 0 radical (unpaired) electrons. The summed E-state index contributed by atoms with van der Waals surface area (Å²) in [5.74, 6) is -0.585. The van der Waals surface area contributed by atoms with E-state index in [1.165, 1.54) is 31.4 Å². The van der Waals surface area contributed by atoms with Gasteiger partial charge in [0.2, 0.25) is 5.82 Å². The number of pyridine rings is 1. The van der Waals surface area contributed by atoms with E-state index in [2.05, 4.69) is 30.4 Å². The van der Waals surface area contributed by atoms with E-state index in [1.54, 1.807) is 12.3 Å². The lowest BCUT2D eigenvalue weighted by Gasteiger charge is -2.26. The van der Waals surface area contributed by atoms with Gasteiger partial charge in [-0.1, -0.05) is 12.5 Å². The molecule has 8 nitrogen and oxygen atoms in total. The minimum absolute atomic E-state index is 0.0956. The third kappa shape index (κ3) is 7.02. The number of rotatable bonds is 9. The van der Waals surface area contributed by atoms with Crippen molar-refractivity contribution in [2.24, 2.45) is 0 Å². The number of anilines is 1. The Balaban J connectivity index is 1.23. The number of hydrogen-bond acceptors (Lipinski definition) is 6. The SMILES string of the molecule is Cc1ccc(OCCN2CCCCC2)cc1-c1ccnc(NC(=O)c2n[nH]c(Cc3cc(F)cc(F)c3)n2)c1. The Morgan fingerprint density at radius 1 is 1.05 bits per heavy atom. The van der Waals surface area contributed by atoms with E-state index >= 15 is 0 Å². The highest BCUT2D eigenvalue weighted by Crippen LogP contribution is 2.29. The number of hydrogen-bond donors (Lipinski definition) is 2. The summed E-state index contributed by atoms with van der Waals surface area (Å²) in [6, 6.07) is 12.9. The van der Waals surface area contributed by atoms with Gasteiger partial charge in [0.05, 0.1) is 0 Å².